The standard InChI is InChI=1S/C28H37N5O4.C2HF3O2/c1-19(37-4)23-13-22(31(2)11-12-36-3)16-33-17-24(30-26(23)33)27(35)32-10-9-28(25(34)18-32)14-20-7-5-6-8-21(20)15-29-28;3-2(4,5)1(6)7/h5-8,13,16-17,19,25,29,34H,9-12,14-15,18H2,1-4H3;(H,6,7)/t19-,25-,28+;/m1./s1. The second-order valence-corrected chi connectivity index (χ2v) is 11.1. The van der Waals surface area contributed by atoms with Gasteiger partial charge in [-0.15, -0.1) is 0 Å². The highest BCUT2D eigenvalue weighted by Gasteiger charge is 2.45. The Morgan fingerprint density at radius 1 is 1.23 bits per heavy atom. The average Bonchev–Trinajstić information content (AvgIpc) is 3.44. The maximum absolute atomic E-state index is 13.6. The number of nitrogens with one attached hydrogen (secondary N) is 1. The lowest BCUT2D eigenvalue weighted by Crippen LogP contribution is -2.65. The fourth-order valence-electron chi connectivity index (χ4n) is 5.52. The van der Waals surface area contributed by atoms with E-state index < -0.39 is 23.8 Å². The first kappa shape index (κ1) is 33.2. The third-order valence-electron chi connectivity index (χ3n) is 8.29. The molecule has 1 spiro atoms. The highest BCUT2D eigenvalue weighted by Crippen LogP contribution is 2.33. The summed E-state index contributed by atoms with van der Waals surface area (Å²) in [6.07, 6.45) is -0.741. The Bertz CT molecular complexity index is 1480. The number of hydrogen-bond acceptors (Lipinski definition) is 8. The van der Waals surface area contributed by atoms with Crippen molar-refractivity contribution in [1.82, 2.24) is 19.6 Å². The van der Waals surface area contributed by atoms with E-state index in [1.807, 2.05) is 36.7 Å². The number of rotatable bonds is 7. The molecule has 3 N–H and O–H groups in total. The SMILES string of the molecule is COCCN(C)c1cc([C@@H](C)OC)c2nc(C(=O)N3CC[C@]4(Cc5ccccc5CN4)[C@H](O)C3)cn2c1.O=C(O)C(F)(F)F. The van der Waals surface area contributed by atoms with Crippen LogP contribution in [-0.2, 0) is 27.2 Å². The third-order valence-corrected chi connectivity index (χ3v) is 8.29. The molecule has 3 aromatic rings. The number of likely N-dealkylation sites (N-methyl/N-ethyl adjacent to an activating group) is 1. The first-order valence-electron chi connectivity index (χ1n) is 14.1. The fraction of sp³-hybridized carbons (Fsp3) is 0.500. The Labute approximate surface area is 253 Å². The predicted octanol–water partition coefficient (Wildman–Crippen LogP) is 3.05. The van der Waals surface area contributed by atoms with Crippen molar-refractivity contribution >= 4 is 23.2 Å². The molecule has 0 aliphatic carbocycles. The third kappa shape index (κ3) is 7.15. The van der Waals surface area contributed by atoms with E-state index in [2.05, 4.69) is 28.4 Å². The molecule has 2 aliphatic rings. The molecule has 4 heterocycles. The summed E-state index contributed by atoms with van der Waals surface area (Å²) in [4.78, 5) is 31.0. The fourth-order valence-corrected chi connectivity index (χ4v) is 5.52. The summed E-state index contributed by atoms with van der Waals surface area (Å²) in [7, 11) is 5.36. The number of aliphatic hydroxyl groups is 1. The molecule has 0 radical (unpaired) electrons. The van der Waals surface area contributed by atoms with Crippen LogP contribution in [0.3, 0.4) is 0 Å². The van der Waals surface area contributed by atoms with Gasteiger partial charge in [-0.25, -0.2) is 9.78 Å². The zero-order valence-electron chi connectivity index (χ0n) is 25.1. The van der Waals surface area contributed by atoms with E-state index in [4.69, 9.17) is 24.4 Å². The monoisotopic (exact) mass is 621 g/mol. The van der Waals surface area contributed by atoms with Crippen LogP contribution in [0.15, 0.2) is 42.7 Å². The molecule has 240 valence electrons. The van der Waals surface area contributed by atoms with Gasteiger partial charge in [-0.05, 0) is 37.0 Å². The van der Waals surface area contributed by atoms with Gasteiger partial charge in [0, 0.05) is 65.4 Å². The number of piperidine rings is 1. The van der Waals surface area contributed by atoms with Gasteiger partial charge in [0.15, 0.2) is 0 Å². The number of likely N-dealkylation sites (tertiary alicyclic amines) is 1. The maximum atomic E-state index is 13.6. The zero-order valence-corrected chi connectivity index (χ0v) is 25.1. The Hall–Kier alpha value is -3.72. The van der Waals surface area contributed by atoms with Gasteiger partial charge in [0.25, 0.3) is 5.91 Å². The molecule has 11 nitrogen and oxygen atoms in total. The first-order valence-corrected chi connectivity index (χ1v) is 14.1. The van der Waals surface area contributed by atoms with Crippen LogP contribution in [0.5, 0.6) is 0 Å². The van der Waals surface area contributed by atoms with Gasteiger partial charge in [0.05, 0.1) is 30.0 Å². The van der Waals surface area contributed by atoms with E-state index in [0.29, 0.717) is 30.9 Å². The summed E-state index contributed by atoms with van der Waals surface area (Å²) < 4.78 is 44.5. The van der Waals surface area contributed by atoms with Crippen LogP contribution in [0.25, 0.3) is 5.65 Å². The highest BCUT2D eigenvalue weighted by atomic mass is 19.4. The number of amides is 1. The number of carbonyl (C=O) groups is 2. The molecule has 2 aromatic heterocycles. The number of hydrogen-bond donors (Lipinski definition) is 3. The number of benzene rings is 1. The maximum Gasteiger partial charge on any atom is 0.490 e. The minimum Gasteiger partial charge on any atom is -0.475 e. The molecule has 3 atom stereocenters. The van der Waals surface area contributed by atoms with Crippen molar-refractivity contribution in [3.8, 4) is 0 Å². The van der Waals surface area contributed by atoms with Gasteiger partial charge in [-0.2, -0.15) is 13.2 Å². The van der Waals surface area contributed by atoms with Crippen LogP contribution < -0.4 is 10.2 Å². The number of aliphatic hydroxyl groups excluding tert-OH is 1. The molecule has 0 bridgehead atoms. The van der Waals surface area contributed by atoms with Gasteiger partial charge < -0.3 is 39.2 Å². The van der Waals surface area contributed by atoms with E-state index in [9.17, 15) is 23.1 Å². The topological polar surface area (TPSA) is 129 Å². The summed E-state index contributed by atoms with van der Waals surface area (Å²) in [5, 5.41) is 21.9. The van der Waals surface area contributed by atoms with Crippen molar-refractivity contribution in [1.29, 1.82) is 0 Å². The van der Waals surface area contributed by atoms with Crippen LogP contribution in [0.4, 0.5) is 18.9 Å². The van der Waals surface area contributed by atoms with Crippen molar-refractivity contribution in [2.45, 2.75) is 50.2 Å². The summed E-state index contributed by atoms with van der Waals surface area (Å²) in [6, 6.07) is 10.4. The van der Waals surface area contributed by atoms with E-state index >= 15 is 0 Å². The minimum absolute atomic E-state index is 0.167. The molecule has 1 saturated heterocycles. The Morgan fingerprint density at radius 3 is 2.52 bits per heavy atom. The number of anilines is 1. The van der Waals surface area contributed by atoms with Crippen molar-refractivity contribution in [3.05, 3.63) is 65.1 Å². The zero-order chi connectivity index (χ0) is 32.2. The van der Waals surface area contributed by atoms with Crippen molar-refractivity contribution in [3.63, 3.8) is 0 Å². The van der Waals surface area contributed by atoms with E-state index in [-0.39, 0.29) is 18.6 Å². The molecule has 2 aliphatic heterocycles. The smallest absolute Gasteiger partial charge is 0.475 e. The summed E-state index contributed by atoms with van der Waals surface area (Å²) in [5.74, 6) is -2.92. The second kappa shape index (κ2) is 13.5. The Kier molecular flexibility index (Phi) is 10.2. The minimum atomic E-state index is -5.08. The number of imidazole rings is 1. The van der Waals surface area contributed by atoms with E-state index in [1.54, 1.807) is 25.3 Å². The van der Waals surface area contributed by atoms with Crippen LogP contribution in [-0.4, -0.2) is 102 Å². The van der Waals surface area contributed by atoms with Crippen LogP contribution in [0.2, 0.25) is 0 Å². The molecule has 1 amide bonds. The first-order chi connectivity index (χ1) is 20.8. The van der Waals surface area contributed by atoms with Gasteiger partial charge in [0.1, 0.15) is 11.3 Å². The average molecular weight is 622 g/mol. The lowest BCUT2D eigenvalue weighted by molar-refractivity contribution is -0.192. The van der Waals surface area contributed by atoms with Gasteiger partial charge in [-0.3, -0.25) is 4.79 Å². The van der Waals surface area contributed by atoms with Crippen molar-refractivity contribution in [2.24, 2.45) is 0 Å². The summed E-state index contributed by atoms with van der Waals surface area (Å²) >= 11 is 0. The molecule has 0 unspecified atom stereocenters. The summed E-state index contributed by atoms with van der Waals surface area (Å²) in [6.45, 7) is 4.88. The molecule has 5 rings (SSSR count). The number of carboxylic acids is 1. The number of methoxy groups -OCH3 is 2. The van der Waals surface area contributed by atoms with Gasteiger partial charge in [0.2, 0.25) is 0 Å². The molecule has 44 heavy (non-hydrogen) atoms. The van der Waals surface area contributed by atoms with E-state index in [1.165, 1.54) is 11.1 Å². The van der Waals surface area contributed by atoms with Crippen molar-refractivity contribution < 1.29 is 42.4 Å². The lowest BCUT2D eigenvalue weighted by Gasteiger charge is -2.48. The number of nitrogens with zero attached hydrogens (tertiary/aromatic N) is 4. The number of aromatic nitrogens is 2. The number of ether oxygens (including phenoxy) is 2. The van der Waals surface area contributed by atoms with Gasteiger partial charge in [-0.1, -0.05) is 24.3 Å². The number of alkyl halides is 3. The number of halogens is 3. The lowest BCUT2D eigenvalue weighted by atomic mass is 9.76. The van der Waals surface area contributed by atoms with Crippen LogP contribution in [0, 0.1) is 0 Å². The van der Waals surface area contributed by atoms with Crippen molar-refractivity contribution in [2.75, 3.05) is 52.4 Å². The number of fused-ring (bicyclic) bond motifs is 2. The van der Waals surface area contributed by atoms with Crippen LogP contribution in [0.1, 0.15) is 46.6 Å². The molecule has 14 heteroatoms. The molecule has 1 aromatic carbocycles. The molecule has 1 fully saturated rings. The largest absolute Gasteiger partial charge is 0.490 e. The molecular formula is C30H38F3N5O6. The number of carbonyl (C=O) groups excluding carboxylic acids is 1. The Balaban J connectivity index is 0.000000566. The normalized spacial score (nSPS) is 20.5. The van der Waals surface area contributed by atoms with Gasteiger partial charge >= 0.3 is 12.1 Å². The predicted molar refractivity (Wildman–Crippen MR) is 156 cm³/mol. The molecule has 0 saturated carbocycles. The quantitative estimate of drug-likeness (QED) is 0.365. The number of β-amino-alcohol motifs (C(OH)–C–C–N with tert-alkyl or cyclic N) is 1. The number of pyridine rings is 1. The summed E-state index contributed by atoms with van der Waals surface area (Å²) in [5.41, 5.74) is 5.09. The molecular weight excluding hydrogens is 583 g/mol. The Morgan fingerprint density at radius 2 is 1.91 bits per heavy atom. The highest BCUT2D eigenvalue weighted by molar-refractivity contribution is 5.93. The van der Waals surface area contributed by atoms with Crippen LogP contribution >= 0.6 is 0 Å². The van der Waals surface area contributed by atoms with E-state index in [0.717, 1.165) is 30.8 Å². The second-order valence-electron chi connectivity index (χ2n) is 11.1. The number of aliphatic carboxylic acids is 1. The number of carboxylic acid groups (broad SMARTS) is 1.